The van der Waals surface area contributed by atoms with Crippen LogP contribution in [-0.2, 0) is 0 Å². The summed E-state index contributed by atoms with van der Waals surface area (Å²) in [5.74, 6) is 0. The molecule has 5 heteroatoms. The molecule has 0 saturated carbocycles. The summed E-state index contributed by atoms with van der Waals surface area (Å²) < 4.78 is 0. The SMILES string of the molecule is C1CNCCN1.c1cc[nH]c1.c1cncnc1. The summed E-state index contributed by atoms with van der Waals surface area (Å²) in [5, 5.41) is 6.44. The van der Waals surface area contributed by atoms with Crippen molar-refractivity contribution in [2.45, 2.75) is 0 Å². The van der Waals surface area contributed by atoms with Crippen molar-refractivity contribution >= 4 is 0 Å². The van der Waals surface area contributed by atoms with Gasteiger partial charge in [-0.05, 0) is 18.2 Å². The Balaban J connectivity index is 0.000000128. The van der Waals surface area contributed by atoms with Crippen molar-refractivity contribution in [2.24, 2.45) is 0 Å². The third-order valence-corrected chi connectivity index (χ3v) is 1.93. The molecular formula is C12H19N5. The van der Waals surface area contributed by atoms with E-state index >= 15 is 0 Å². The second-order valence-corrected chi connectivity index (χ2v) is 3.29. The minimum Gasteiger partial charge on any atom is -0.368 e. The molecule has 2 aromatic heterocycles. The summed E-state index contributed by atoms with van der Waals surface area (Å²) in [7, 11) is 0. The summed E-state index contributed by atoms with van der Waals surface area (Å²) in [6.07, 6.45) is 8.62. The van der Waals surface area contributed by atoms with Gasteiger partial charge in [0.2, 0.25) is 0 Å². The van der Waals surface area contributed by atoms with Gasteiger partial charge in [0.1, 0.15) is 6.33 Å². The Kier molecular flexibility index (Phi) is 8.47. The normalized spacial score (nSPS) is 13.6. The average Bonchev–Trinajstić information content (AvgIpc) is 3.03. The lowest BCUT2D eigenvalue weighted by atomic mass is 10.4. The maximum Gasteiger partial charge on any atom is 0.115 e. The molecule has 17 heavy (non-hydrogen) atoms. The maximum absolute atomic E-state index is 3.67. The predicted molar refractivity (Wildman–Crippen MR) is 68.6 cm³/mol. The highest BCUT2D eigenvalue weighted by molar-refractivity contribution is 4.84. The molecule has 0 atom stereocenters. The van der Waals surface area contributed by atoms with Gasteiger partial charge in [-0.15, -0.1) is 0 Å². The highest BCUT2D eigenvalue weighted by atomic mass is 15.0. The number of aromatic amines is 1. The molecule has 5 nitrogen and oxygen atoms in total. The quantitative estimate of drug-likeness (QED) is 0.626. The first kappa shape index (κ1) is 13.3. The van der Waals surface area contributed by atoms with Crippen LogP contribution in [0.2, 0.25) is 0 Å². The predicted octanol–water partition coefficient (Wildman–Crippen LogP) is 0.670. The number of nitrogens with zero attached hydrogens (tertiary/aromatic N) is 2. The van der Waals surface area contributed by atoms with E-state index in [1.54, 1.807) is 18.5 Å². The number of hydrogen-bond donors (Lipinski definition) is 3. The Morgan fingerprint density at radius 1 is 0.706 bits per heavy atom. The van der Waals surface area contributed by atoms with Crippen molar-refractivity contribution in [1.29, 1.82) is 0 Å². The molecule has 0 bridgehead atoms. The van der Waals surface area contributed by atoms with Crippen LogP contribution in [0.5, 0.6) is 0 Å². The van der Waals surface area contributed by atoms with Crippen molar-refractivity contribution in [3.05, 3.63) is 49.3 Å². The summed E-state index contributed by atoms with van der Waals surface area (Å²) in [6.45, 7) is 4.56. The van der Waals surface area contributed by atoms with Gasteiger partial charge >= 0.3 is 0 Å². The van der Waals surface area contributed by atoms with Crippen LogP contribution in [-0.4, -0.2) is 41.1 Å². The van der Waals surface area contributed by atoms with Crippen LogP contribution in [0.25, 0.3) is 0 Å². The largest absolute Gasteiger partial charge is 0.368 e. The van der Waals surface area contributed by atoms with E-state index in [4.69, 9.17) is 0 Å². The van der Waals surface area contributed by atoms with Gasteiger partial charge in [0, 0.05) is 51.0 Å². The van der Waals surface area contributed by atoms with Crippen LogP contribution >= 0.6 is 0 Å². The molecule has 1 aliphatic heterocycles. The minimum atomic E-state index is 1.14. The first-order valence-electron chi connectivity index (χ1n) is 5.69. The highest BCUT2D eigenvalue weighted by Crippen LogP contribution is 1.72. The smallest absolute Gasteiger partial charge is 0.115 e. The average molecular weight is 233 g/mol. The molecule has 0 aromatic carbocycles. The van der Waals surface area contributed by atoms with Crippen molar-refractivity contribution in [3.63, 3.8) is 0 Å². The molecule has 0 aliphatic carbocycles. The molecule has 1 aliphatic rings. The Morgan fingerprint density at radius 2 is 1.24 bits per heavy atom. The summed E-state index contributed by atoms with van der Waals surface area (Å²) in [4.78, 5) is 10.2. The number of H-pyrrole nitrogens is 1. The van der Waals surface area contributed by atoms with Crippen molar-refractivity contribution < 1.29 is 0 Å². The lowest BCUT2D eigenvalue weighted by Crippen LogP contribution is -2.39. The molecule has 92 valence electrons. The minimum absolute atomic E-state index is 1.14. The van der Waals surface area contributed by atoms with E-state index in [1.165, 1.54) is 6.33 Å². The van der Waals surface area contributed by atoms with Crippen LogP contribution in [0.15, 0.2) is 49.3 Å². The Labute approximate surface area is 102 Å². The third-order valence-electron chi connectivity index (χ3n) is 1.93. The number of rotatable bonds is 0. The molecule has 0 amide bonds. The van der Waals surface area contributed by atoms with E-state index in [0.29, 0.717) is 0 Å². The lowest BCUT2D eigenvalue weighted by molar-refractivity contribution is 0.534. The van der Waals surface area contributed by atoms with E-state index < -0.39 is 0 Å². The number of piperazine rings is 1. The highest BCUT2D eigenvalue weighted by Gasteiger charge is 1.91. The van der Waals surface area contributed by atoms with Gasteiger partial charge in [0.25, 0.3) is 0 Å². The van der Waals surface area contributed by atoms with Crippen molar-refractivity contribution in [1.82, 2.24) is 25.6 Å². The topological polar surface area (TPSA) is 65.6 Å². The molecule has 3 rings (SSSR count). The standard InChI is InChI=1S/C4H10N2.C4H4N2.C4H5N/c1-2-6-4-3-5-1;1-2-5-4-6-3-1;1-2-4-5-3-1/h5-6H,1-4H2;1-4H;1-5H. The Hall–Kier alpha value is -1.72. The van der Waals surface area contributed by atoms with Crippen molar-refractivity contribution in [3.8, 4) is 0 Å². The van der Waals surface area contributed by atoms with Gasteiger partial charge in [0.15, 0.2) is 0 Å². The Morgan fingerprint density at radius 3 is 1.41 bits per heavy atom. The second-order valence-electron chi connectivity index (χ2n) is 3.29. The molecule has 0 radical (unpaired) electrons. The van der Waals surface area contributed by atoms with Gasteiger partial charge in [-0.2, -0.15) is 0 Å². The van der Waals surface area contributed by atoms with E-state index in [0.717, 1.165) is 26.2 Å². The van der Waals surface area contributed by atoms with Gasteiger partial charge < -0.3 is 15.6 Å². The second kappa shape index (κ2) is 10.8. The Bertz CT molecular complexity index is 262. The fraction of sp³-hybridized carbons (Fsp3) is 0.333. The lowest BCUT2D eigenvalue weighted by Gasteiger charge is -2.11. The fourth-order valence-corrected chi connectivity index (χ4v) is 1.13. The maximum atomic E-state index is 3.67. The number of aromatic nitrogens is 3. The molecule has 1 fully saturated rings. The molecule has 3 heterocycles. The van der Waals surface area contributed by atoms with Crippen LogP contribution < -0.4 is 10.6 Å². The summed E-state index contributed by atoms with van der Waals surface area (Å²) in [5.41, 5.74) is 0. The molecular weight excluding hydrogens is 214 g/mol. The van der Waals surface area contributed by atoms with E-state index in [2.05, 4.69) is 25.6 Å². The summed E-state index contributed by atoms with van der Waals surface area (Å²) >= 11 is 0. The van der Waals surface area contributed by atoms with Crippen LogP contribution in [0, 0.1) is 0 Å². The van der Waals surface area contributed by atoms with Gasteiger partial charge in [-0.25, -0.2) is 9.97 Å². The zero-order valence-corrected chi connectivity index (χ0v) is 9.84. The molecule has 0 spiro atoms. The molecule has 2 aromatic rings. The van der Waals surface area contributed by atoms with Gasteiger partial charge in [-0.3, -0.25) is 0 Å². The van der Waals surface area contributed by atoms with Gasteiger partial charge in [0.05, 0.1) is 0 Å². The first-order chi connectivity index (χ1) is 8.50. The zero-order chi connectivity index (χ0) is 12.0. The van der Waals surface area contributed by atoms with E-state index in [-0.39, 0.29) is 0 Å². The van der Waals surface area contributed by atoms with Crippen LogP contribution in [0.4, 0.5) is 0 Å². The van der Waals surface area contributed by atoms with Crippen LogP contribution in [0.1, 0.15) is 0 Å². The fourth-order valence-electron chi connectivity index (χ4n) is 1.13. The zero-order valence-electron chi connectivity index (χ0n) is 9.84. The molecule has 3 N–H and O–H groups in total. The van der Waals surface area contributed by atoms with E-state index in [9.17, 15) is 0 Å². The first-order valence-corrected chi connectivity index (χ1v) is 5.69. The number of hydrogen-bond acceptors (Lipinski definition) is 4. The van der Waals surface area contributed by atoms with Crippen molar-refractivity contribution in [2.75, 3.05) is 26.2 Å². The monoisotopic (exact) mass is 233 g/mol. The molecule has 0 unspecified atom stereocenters. The third kappa shape index (κ3) is 9.22. The summed E-state index contributed by atoms with van der Waals surface area (Å²) in [6, 6.07) is 5.67. The number of nitrogens with one attached hydrogen (secondary N) is 3. The van der Waals surface area contributed by atoms with Gasteiger partial charge in [-0.1, -0.05) is 0 Å². The van der Waals surface area contributed by atoms with E-state index in [1.807, 2.05) is 24.5 Å². The van der Waals surface area contributed by atoms with Crippen LogP contribution in [0.3, 0.4) is 0 Å². The molecule has 1 saturated heterocycles.